The summed E-state index contributed by atoms with van der Waals surface area (Å²) in [7, 11) is 0. The van der Waals surface area contributed by atoms with Crippen LogP contribution in [0.4, 0.5) is 0 Å². The molecule has 0 spiro atoms. The Labute approximate surface area is 115 Å². The van der Waals surface area contributed by atoms with Gasteiger partial charge in [-0.1, -0.05) is 12.1 Å². The lowest BCUT2D eigenvalue weighted by molar-refractivity contribution is -0.131. The minimum absolute atomic E-state index is 0.470. The van der Waals surface area contributed by atoms with Crippen LogP contribution in [0.1, 0.15) is 15.4 Å². The molecule has 19 heavy (non-hydrogen) atoms. The SMILES string of the molecule is Cc1ncc(COc2cccc(C=CC(=O)O)c2)s1. The van der Waals surface area contributed by atoms with Crippen molar-refractivity contribution < 1.29 is 14.6 Å². The Balaban J connectivity index is 2.00. The van der Waals surface area contributed by atoms with E-state index in [-0.39, 0.29) is 0 Å². The monoisotopic (exact) mass is 275 g/mol. The number of rotatable bonds is 5. The number of benzene rings is 1. The molecule has 0 aliphatic carbocycles. The summed E-state index contributed by atoms with van der Waals surface area (Å²) in [6, 6.07) is 7.29. The minimum atomic E-state index is -0.966. The van der Waals surface area contributed by atoms with Crippen LogP contribution in [0.25, 0.3) is 6.08 Å². The highest BCUT2D eigenvalue weighted by Crippen LogP contribution is 2.18. The van der Waals surface area contributed by atoms with Gasteiger partial charge < -0.3 is 9.84 Å². The zero-order valence-corrected chi connectivity index (χ0v) is 11.2. The summed E-state index contributed by atoms with van der Waals surface area (Å²) in [5, 5.41) is 9.59. The quantitative estimate of drug-likeness (QED) is 0.852. The summed E-state index contributed by atoms with van der Waals surface area (Å²) in [5.74, 6) is -0.259. The number of aryl methyl sites for hydroxylation is 1. The van der Waals surface area contributed by atoms with Crippen molar-refractivity contribution in [3.05, 3.63) is 52.0 Å². The highest BCUT2D eigenvalue weighted by atomic mass is 32.1. The number of carboxylic acid groups (broad SMARTS) is 1. The standard InChI is InChI=1S/C14H13NO3S/c1-10-15-8-13(19-10)9-18-12-4-2-3-11(7-12)5-6-14(16)17/h2-8H,9H2,1H3,(H,16,17). The van der Waals surface area contributed by atoms with Gasteiger partial charge in [0, 0.05) is 12.3 Å². The largest absolute Gasteiger partial charge is 0.488 e. The molecule has 1 N–H and O–H groups in total. The smallest absolute Gasteiger partial charge is 0.328 e. The highest BCUT2D eigenvalue weighted by Gasteiger charge is 2.00. The molecule has 1 aromatic heterocycles. The Hall–Kier alpha value is -2.14. The van der Waals surface area contributed by atoms with Crippen LogP contribution >= 0.6 is 11.3 Å². The van der Waals surface area contributed by atoms with Gasteiger partial charge in [0.25, 0.3) is 0 Å². The van der Waals surface area contributed by atoms with Crippen LogP contribution < -0.4 is 4.74 Å². The van der Waals surface area contributed by atoms with Crippen LogP contribution in [-0.2, 0) is 11.4 Å². The first-order valence-electron chi connectivity index (χ1n) is 5.68. The number of carbonyl (C=O) groups is 1. The predicted molar refractivity (Wildman–Crippen MR) is 74.3 cm³/mol. The molecule has 0 fully saturated rings. The Kier molecular flexibility index (Phi) is 4.30. The van der Waals surface area contributed by atoms with Crippen molar-refractivity contribution in [2.75, 3.05) is 0 Å². The number of hydrogen-bond acceptors (Lipinski definition) is 4. The molecule has 0 aliphatic rings. The second-order valence-electron chi connectivity index (χ2n) is 3.88. The third-order valence-electron chi connectivity index (χ3n) is 2.33. The van der Waals surface area contributed by atoms with Crippen LogP contribution in [0.5, 0.6) is 5.75 Å². The van der Waals surface area contributed by atoms with Crippen LogP contribution in [0, 0.1) is 6.92 Å². The first-order valence-corrected chi connectivity index (χ1v) is 6.50. The molecule has 0 unspecified atom stereocenters. The summed E-state index contributed by atoms with van der Waals surface area (Å²) in [6.07, 6.45) is 4.44. The third kappa shape index (κ3) is 4.22. The number of aliphatic carboxylic acids is 1. The van der Waals surface area contributed by atoms with Gasteiger partial charge in [0.1, 0.15) is 12.4 Å². The maximum atomic E-state index is 10.4. The van der Waals surface area contributed by atoms with Crippen molar-refractivity contribution in [2.24, 2.45) is 0 Å². The minimum Gasteiger partial charge on any atom is -0.488 e. The van der Waals surface area contributed by atoms with E-state index in [0.29, 0.717) is 12.4 Å². The molecule has 0 atom stereocenters. The van der Waals surface area contributed by atoms with E-state index in [0.717, 1.165) is 21.5 Å². The van der Waals surface area contributed by atoms with Crippen LogP contribution in [0.2, 0.25) is 0 Å². The number of aromatic nitrogens is 1. The molecule has 0 saturated heterocycles. The van der Waals surface area contributed by atoms with Gasteiger partial charge in [-0.3, -0.25) is 0 Å². The fourth-order valence-electron chi connectivity index (χ4n) is 1.50. The zero-order chi connectivity index (χ0) is 13.7. The third-order valence-corrected chi connectivity index (χ3v) is 3.21. The van der Waals surface area contributed by atoms with E-state index in [1.807, 2.05) is 25.1 Å². The Bertz CT molecular complexity index is 604. The average Bonchev–Trinajstić information content (AvgIpc) is 2.80. The Morgan fingerprint density at radius 3 is 3.05 bits per heavy atom. The molecular formula is C14H13NO3S. The van der Waals surface area contributed by atoms with Gasteiger partial charge in [-0.15, -0.1) is 11.3 Å². The van der Waals surface area contributed by atoms with E-state index < -0.39 is 5.97 Å². The summed E-state index contributed by atoms with van der Waals surface area (Å²) in [5.41, 5.74) is 0.792. The number of hydrogen-bond donors (Lipinski definition) is 1. The van der Waals surface area contributed by atoms with E-state index in [4.69, 9.17) is 9.84 Å². The molecule has 5 heteroatoms. The molecule has 98 valence electrons. The number of carboxylic acids is 1. The van der Waals surface area contributed by atoms with Crippen LogP contribution in [-0.4, -0.2) is 16.1 Å². The van der Waals surface area contributed by atoms with Gasteiger partial charge in [-0.2, -0.15) is 0 Å². The van der Waals surface area contributed by atoms with Gasteiger partial charge in [0.05, 0.1) is 9.88 Å². The normalized spacial score (nSPS) is 10.8. The lowest BCUT2D eigenvalue weighted by Gasteiger charge is -2.04. The van der Waals surface area contributed by atoms with Crippen molar-refractivity contribution in [3.63, 3.8) is 0 Å². The van der Waals surface area contributed by atoms with Gasteiger partial charge >= 0.3 is 5.97 Å². The number of ether oxygens (including phenoxy) is 1. The van der Waals surface area contributed by atoms with E-state index in [1.54, 1.807) is 23.6 Å². The Morgan fingerprint density at radius 2 is 2.37 bits per heavy atom. The maximum absolute atomic E-state index is 10.4. The lowest BCUT2D eigenvalue weighted by Crippen LogP contribution is -1.93. The molecule has 2 aromatic rings. The van der Waals surface area contributed by atoms with Gasteiger partial charge in [-0.25, -0.2) is 9.78 Å². The number of nitrogens with zero attached hydrogens (tertiary/aromatic N) is 1. The lowest BCUT2D eigenvalue weighted by atomic mass is 10.2. The van der Waals surface area contributed by atoms with Crippen LogP contribution in [0.3, 0.4) is 0 Å². The molecule has 4 nitrogen and oxygen atoms in total. The van der Waals surface area contributed by atoms with E-state index >= 15 is 0 Å². The Morgan fingerprint density at radius 1 is 1.53 bits per heavy atom. The molecule has 1 heterocycles. The summed E-state index contributed by atoms with van der Waals surface area (Å²) < 4.78 is 5.64. The van der Waals surface area contributed by atoms with Crippen molar-refractivity contribution >= 4 is 23.4 Å². The molecule has 0 saturated carbocycles. The van der Waals surface area contributed by atoms with Gasteiger partial charge in [0.15, 0.2) is 0 Å². The van der Waals surface area contributed by atoms with Crippen molar-refractivity contribution in [1.29, 1.82) is 0 Å². The maximum Gasteiger partial charge on any atom is 0.328 e. The molecule has 0 radical (unpaired) electrons. The first-order chi connectivity index (χ1) is 9.13. The highest BCUT2D eigenvalue weighted by molar-refractivity contribution is 7.11. The first kappa shape index (κ1) is 13.3. The van der Waals surface area contributed by atoms with Crippen molar-refractivity contribution in [3.8, 4) is 5.75 Å². The summed E-state index contributed by atoms with van der Waals surface area (Å²) in [4.78, 5) is 15.7. The topological polar surface area (TPSA) is 59.4 Å². The zero-order valence-electron chi connectivity index (χ0n) is 10.4. The second-order valence-corrected chi connectivity index (χ2v) is 5.20. The molecule has 1 aromatic carbocycles. The fraction of sp³-hybridized carbons (Fsp3) is 0.143. The van der Waals surface area contributed by atoms with Crippen molar-refractivity contribution in [1.82, 2.24) is 4.98 Å². The fourth-order valence-corrected chi connectivity index (χ4v) is 2.21. The van der Waals surface area contributed by atoms with Crippen molar-refractivity contribution in [2.45, 2.75) is 13.5 Å². The predicted octanol–water partition coefficient (Wildman–Crippen LogP) is 3.13. The van der Waals surface area contributed by atoms with Gasteiger partial charge in [0.2, 0.25) is 0 Å². The molecule has 2 rings (SSSR count). The summed E-state index contributed by atoms with van der Waals surface area (Å²) >= 11 is 1.60. The molecular weight excluding hydrogens is 262 g/mol. The molecule has 0 aliphatic heterocycles. The van der Waals surface area contributed by atoms with E-state index in [1.165, 1.54) is 6.08 Å². The summed E-state index contributed by atoms with van der Waals surface area (Å²) in [6.45, 7) is 2.42. The number of thiazole rings is 1. The van der Waals surface area contributed by atoms with Crippen LogP contribution in [0.15, 0.2) is 36.5 Å². The molecule has 0 bridgehead atoms. The average molecular weight is 275 g/mol. The molecule has 0 amide bonds. The van der Waals surface area contributed by atoms with Gasteiger partial charge in [-0.05, 0) is 30.7 Å². The van der Waals surface area contributed by atoms with E-state index in [9.17, 15) is 4.79 Å². The van der Waals surface area contributed by atoms with E-state index in [2.05, 4.69) is 4.98 Å². The second kappa shape index (κ2) is 6.15.